The van der Waals surface area contributed by atoms with E-state index in [1.54, 1.807) is 6.20 Å². The van der Waals surface area contributed by atoms with E-state index in [0.717, 1.165) is 24.3 Å². The van der Waals surface area contributed by atoms with Crippen molar-refractivity contribution in [3.8, 4) is 0 Å². The Morgan fingerprint density at radius 3 is 3.17 bits per heavy atom. The van der Waals surface area contributed by atoms with Crippen LogP contribution in [-0.2, 0) is 0 Å². The summed E-state index contributed by atoms with van der Waals surface area (Å²) in [6.07, 6.45) is 6.44. The monoisotopic (exact) mass is 165 g/mol. The first-order valence-electron chi connectivity index (χ1n) is 4.59. The number of H-pyrrole nitrogens is 1. The summed E-state index contributed by atoms with van der Waals surface area (Å²) in [5.74, 6) is 2.64. The Kier molecular flexibility index (Phi) is 2.02. The topological polar surface area (TPSA) is 40.7 Å². The SMILES string of the molecule is CC(CNc1ncc[nH]1)C1CC1. The lowest BCUT2D eigenvalue weighted by molar-refractivity contribution is 0.535. The van der Waals surface area contributed by atoms with Crippen molar-refractivity contribution < 1.29 is 0 Å². The first-order chi connectivity index (χ1) is 5.86. The van der Waals surface area contributed by atoms with E-state index in [1.807, 2.05) is 6.20 Å². The maximum absolute atomic E-state index is 4.10. The summed E-state index contributed by atoms with van der Waals surface area (Å²) in [6.45, 7) is 3.34. The van der Waals surface area contributed by atoms with Crippen molar-refractivity contribution in [2.24, 2.45) is 11.8 Å². The largest absolute Gasteiger partial charge is 0.356 e. The number of anilines is 1. The van der Waals surface area contributed by atoms with Crippen molar-refractivity contribution in [2.75, 3.05) is 11.9 Å². The summed E-state index contributed by atoms with van der Waals surface area (Å²) in [6, 6.07) is 0. The van der Waals surface area contributed by atoms with Gasteiger partial charge in [-0.25, -0.2) is 4.98 Å². The second-order valence-electron chi connectivity index (χ2n) is 3.63. The second-order valence-corrected chi connectivity index (χ2v) is 3.63. The first kappa shape index (κ1) is 7.65. The number of imidazole rings is 1. The van der Waals surface area contributed by atoms with Gasteiger partial charge in [-0.05, 0) is 24.7 Å². The Labute approximate surface area is 72.6 Å². The van der Waals surface area contributed by atoms with Crippen LogP contribution >= 0.6 is 0 Å². The third-order valence-corrected chi connectivity index (χ3v) is 2.52. The quantitative estimate of drug-likeness (QED) is 0.715. The Balaban J connectivity index is 1.74. The number of hydrogen-bond acceptors (Lipinski definition) is 2. The molecule has 0 amide bonds. The van der Waals surface area contributed by atoms with E-state index in [-0.39, 0.29) is 0 Å². The van der Waals surface area contributed by atoms with Gasteiger partial charge in [0.25, 0.3) is 0 Å². The van der Waals surface area contributed by atoms with E-state index in [9.17, 15) is 0 Å². The number of nitrogens with one attached hydrogen (secondary N) is 2. The molecule has 1 heterocycles. The lowest BCUT2D eigenvalue weighted by atomic mass is 10.1. The van der Waals surface area contributed by atoms with Crippen molar-refractivity contribution in [1.29, 1.82) is 0 Å². The van der Waals surface area contributed by atoms with E-state index in [2.05, 4.69) is 22.2 Å². The maximum Gasteiger partial charge on any atom is 0.200 e. The van der Waals surface area contributed by atoms with Gasteiger partial charge in [-0.1, -0.05) is 6.92 Å². The van der Waals surface area contributed by atoms with Gasteiger partial charge in [-0.3, -0.25) is 0 Å². The average Bonchev–Trinajstić information content (AvgIpc) is 2.80. The van der Waals surface area contributed by atoms with Gasteiger partial charge in [-0.2, -0.15) is 0 Å². The van der Waals surface area contributed by atoms with Crippen LogP contribution in [0.4, 0.5) is 5.95 Å². The van der Waals surface area contributed by atoms with Crippen molar-refractivity contribution in [1.82, 2.24) is 9.97 Å². The molecule has 0 bridgehead atoms. The molecule has 0 aromatic carbocycles. The molecule has 1 aliphatic carbocycles. The molecule has 1 aromatic heterocycles. The molecule has 1 saturated carbocycles. The highest BCUT2D eigenvalue weighted by molar-refractivity contribution is 5.22. The third-order valence-electron chi connectivity index (χ3n) is 2.52. The molecule has 2 N–H and O–H groups in total. The van der Waals surface area contributed by atoms with E-state index in [1.165, 1.54) is 12.8 Å². The van der Waals surface area contributed by atoms with E-state index in [4.69, 9.17) is 0 Å². The number of aromatic nitrogens is 2. The highest BCUT2D eigenvalue weighted by Crippen LogP contribution is 2.36. The molecule has 1 aromatic rings. The smallest absolute Gasteiger partial charge is 0.200 e. The van der Waals surface area contributed by atoms with E-state index in [0.29, 0.717) is 0 Å². The Morgan fingerprint density at radius 1 is 1.75 bits per heavy atom. The average molecular weight is 165 g/mol. The Bertz CT molecular complexity index is 226. The van der Waals surface area contributed by atoms with Crippen LogP contribution in [0, 0.1) is 11.8 Å². The fourth-order valence-corrected chi connectivity index (χ4v) is 1.45. The molecule has 12 heavy (non-hydrogen) atoms. The van der Waals surface area contributed by atoms with Crippen molar-refractivity contribution >= 4 is 5.95 Å². The molecule has 0 saturated heterocycles. The predicted octanol–water partition coefficient (Wildman–Crippen LogP) is 1.87. The molecule has 1 aliphatic rings. The minimum atomic E-state index is 0.787. The van der Waals surface area contributed by atoms with Crippen LogP contribution in [0.15, 0.2) is 12.4 Å². The molecule has 1 unspecified atom stereocenters. The molecule has 3 nitrogen and oxygen atoms in total. The fourth-order valence-electron chi connectivity index (χ4n) is 1.45. The highest BCUT2D eigenvalue weighted by atomic mass is 15.1. The van der Waals surface area contributed by atoms with Gasteiger partial charge in [0.2, 0.25) is 0 Å². The van der Waals surface area contributed by atoms with Gasteiger partial charge in [-0.15, -0.1) is 0 Å². The van der Waals surface area contributed by atoms with Crippen LogP contribution in [0.5, 0.6) is 0 Å². The lowest BCUT2D eigenvalue weighted by Crippen LogP contribution is -2.13. The summed E-state index contributed by atoms with van der Waals surface area (Å²) in [7, 11) is 0. The van der Waals surface area contributed by atoms with Crippen LogP contribution in [0.25, 0.3) is 0 Å². The van der Waals surface area contributed by atoms with Crippen molar-refractivity contribution in [3.05, 3.63) is 12.4 Å². The standard InChI is InChI=1S/C9H15N3/c1-7(8-2-3-8)6-12-9-10-4-5-11-9/h4-5,7-8H,2-3,6H2,1H3,(H2,10,11,12). The summed E-state index contributed by atoms with van der Waals surface area (Å²) in [5, 5.41) is 3.28. The minimum Gasteiger partial charge on any atom is -0.356 e. The Morgan fingerprint density at radius 2 is 2.58 bits per heavy atom. The minimum absolute atomic E-state index is 0.787. The number of nitrogens with zero attached hydrogens (tertiary/aromatic N) is 1. The number of hydrogen-bond donors (Lipinski definition) is 2. The van der Waals surface area contributed by atoms with Gasteiger partial charge < -0.3 is 10.3 Å². The van der Waals surface area contributed by atoms with Crippen molar-refractivity contribution in [3.63, 3.8) is 0 Å². The third kappa shape index (κ3) is 1.78. The van der Waals surface area contributed by atoms with Gasteiger partial charge in [0, 0.05) is 18.9 Å². The van der Waals surface area contributed by atoms with Crippen LogP contribution < -0.4 is 5.32 Å². The first-order valence-corrected chi connectivity index (χ1v) is 4.59. The predicted molar refractivity (Wildman–Crippen MR) is 49.0 cm³/mol. The van der Waals surface area contributed by atoms with Gasteiger partial charge in [0.1, 0.15) is 0 Å². The second kappa shape index (κ2) is 3.17. The molecule has 0 radical (unpaired) electrons. The summed E-state index contributed by atoms with van der Waals surface area (Å²) in [5.41, 5.74) is 0. The zero-order chi connectivity index (χ0) is 8.39. The summed E-state index contributed by atoms with van der Waals surface area (Å²) >= 11 is 0. The maximum atomic E-state index is 4.10. The molecule has 0 spiro atoms. The Hall–Kier alpha value is -0.990. The van der Waals surface area contributed by atoms with E-state index < -0.39 is 0 Å². The van der Waals surface area contributed by atoms with E-state index >= 15 is 0 Å². The van der Waals surface area contributed by atoms with Crippen molar-refractivity contribution in [2.45, 2.75) is 19.8 Å². The van der Waals surface area contributed by atoms with Gasteiger partial charge in [0.05, 0.1) is 0 Å². The van der Waals surface area contributed by atoms with Gasteiger partial charge >= 0.3 is 0 Å². The van der Waals surface area contributed by atoms with Crippen LogP contribution in [-0.4, -0.2) is 16.5 Å². The molecule has 1 atom stereocenters. The number of rotatable bonds is 4. The number of aromatic amines is 1. The lowest BCUT2D eigenvalue weighted by Gasteiger charge is -2.09. The van der Waals surface area contributed by atoms with Crippen LogP contribution in [0.3, 0.4) is 0 Å². The molecule has 0 aliphatic heterocycles. The molecule has 2 rings (SSSR count). The zero-order valence-electron chi connectivity index (χ0n) is 7.38. The normalized spacial score (nSPS) is 19.1. The van der Waals surface area contributed by atoms with Crippen LogP contribution in [0.2, 0.25) is 0 Å². The van der Waals surface area contributed by atoms with Crippen LogP contribution in [0.1, 0.15) is 19.8 Å². The summed E-state index contributed by atoms with van der Waals surface area (Å²) < 4.78 is 0. The van der Waals surface area contributed by atoms with Gasteiger partial charge in [0.15, 0.2) is 5.95 Å². The molecule has 3 heteroatoms. The zero-order valence-corrected chi connectivity index (χ0v) is 7.38. The molecule has 1 fully saturated rings. The summed E-state index contributed by atoms with van der Waals surface area (Å²) in [4.78, 5) is 7.13. The molecule has 66 valence electrons. The molecular weight excluding hydrogens is 150 g/mol. The fraction of sp³-hybridized carbons (Fsp3) is 0.667. The molecular formula is C9H15N3. The highest BCUT2D eigenvalue weighted by Gasteiger charge is 2.27.